The van der Waals surface area contributed by atoms with E-state index in [-0.39, 0.29) is 39.7 Å². The summed E-state index contributed by atoms with van der Waals surface area (Å²) in [4.78, 5) is 32.1. The summed E-state index contributed by atoms with van der Waals surface area (Å²) in [6.45, 7) is 1.61. The molecule has 1 aromatic carbocycles. The van der Waals surface area contributed by atoms with E-state index in [2.05, 4.69) is 25.9 Å². The van der Waals surface area contributed by atoms with E-state index in [0.29, 0.717) is 25.4 Å². The highest BCUT2D eigenvalue weighted by atomic mass is 35.5. The Kier molecular flexibility index (Phi) is 7.76. The smallest absolute Gasteiger partial charge is 0.275 e. The Morgan fingerprint density at radius 3 is 2.52 bits per heavy atom. The maximum atomic E-state index is 12.2. The van der Waals surface area contributed by atoms with Crippen LogP contribution in [0.3, 0.4) is 0 Å². The fraction of sp³-hybridized carbons (Fsp3) is 0.250. The maximum absolute atomic E-state index is 12.2. The van der Waals surface area contributed by atoms with E-state index < -0.39 is 12.0 Å². The summed E-state index contributed by atoms with van der Waals surface area (Å²) in [6, 6.07) is 2.99. The molecule has 0 saturated carbocycles. The van der Waals surface area contributed by atoms with Gasteiger partial charge in [-0.05, 0) is 12.1 Å². The average Bonchev–Trinajstić information content (AvgIpc) is 2.66. The summed E-state index contributed by atoms with van der Waals surface area (Å²) in [5, 5.41) is 8.71. The van der Waals surface area contributed by atoms with E-state index in [1.165, 1.54) is 30.7 Å². The first-order chi connectivity index (χ1) is 12.5. The largest absolute Gasteiger partial charge is 0.366 e. The van der Waals surface area contributed by atoms with Crippen LogP contribution in [0.25, 0.3) is 0 Å². The molecule has 0 bridgehead atoms. The Bertz CT molecular complexity index is 793. The van der Waals surface area contributed by atoms with Gasteiger partial charge in [-0.1, -0.05) is 23.2 Å². The monoisotopic (exact) mass is 431 g/mol. The molecule has 1 aromatic heterocycles. The van der Waals surface area contributed by atoms with Crippen molar-refractivity contribution in [2.45, 2.75) is 6.10 Å². The van der Waals surface area contributed by atoms with Gasteiger partial charge < -0.3 is 20.7 Å². The normalized spacial score (nSPS) is 16.1. The number of ether oxygens (including phenoxy) is 1. The SMILES string of the molecule is Cl.O=C(Nc1c(Cl)cc(NC(=O)C2CNCCO2)cc1Cl)c1cnccn1. The summed E-state index contributed by atoms with van der Waals surface area (Å²) < 4.78 is 5.39. The Morgan fingerprint density at radius 2 is 1.93 bits per heavy atom. The number of amides is 2. The minimum absolute atomic E-state index is 0. The van der Waals surface area contributed by atoms with E-state index >= 15 is 0 Å². The third-order valence-corrected chi connectivity index (χ3v) is 4.16. The lowest BCUT2D eigenvalue weighted by Crippen LogP contribution is -2.45. The lowest BCUT2D eigenvalue weighted by molar-refractivity contribution is -0.128. The molecule has 1 saturated heterocycles. The second-order valence-electron chi connectivity index (χ2n) is 5.41. The molecule has 2 aromatic rings. The van der Waals surface area contributed by atoms with Crippen molar-refractivity contribution in [2.24, 2.45) is 0 Å². The van der Waals surface area contributed by atoms with E-state index in [1.54, 1.807) is 0 Å². The molecule has 1 unspecified atom stereocenters. The van der Waals surface area contributed by atoms with Crippen LogP contribution in [0.1, 0.15) is 10.5 Å². The van der Waals surface area contributed by atoms with E-state index in [0.717, 1.165) is 0 Å². The second-order valence-corrected chi connectivity index (χ2v) is 6.23. The molecule has 11 heteroatoms. The van der Waals surface area contributed by atoms with Crippen LogP contribution in [0.5, 0.6) is 0 Å². The van der Waals surface area contributed by atoms with Crippen molar-refractivity contribution < 1.29 is 14.3 Å². The zero-order valence-corrected chi connectivity index (χ0v) is 16.2. The Balaban J connectivity index is 0.00000261. The lowest BCUT2D eigenvalue weighted by Gasteiger charge is -2.23. The average molecular weight is 433 g/mol. The van der Waals surface area contributed by atoms with Crippen LogP contribution in [0.15, 0.2) is 30.7 Å². The van der Waals surface area contributed by atoms with Crippen LogP contribution in [0.2, 0.25) is 10.0 Å². The van der Waals surface area contributed by atoms with Crippen molar-refractivity contribution >= 4 is 58.8 Å². The van der Waals surface area contributed by atoms with Crippen molar-refractivity contribution in [3.8, 4) is 0 Å². The van der Waals surface area contributed by atoms with Crippen LogP contribution in [-0.2, 0) is 9.53 Å². The van der Waals surface area contributed by atoms with Crippen molar-refractivity contribution in [1.29, 1.82) is 0 Å². The molecule has 3 N–H and O–H groups in total. The molecule has 144 valence electrons. The number of carbonyl (C=O) groups is 2. The van der Waals surface area contributed by atoms with Gasteiger partial charge in [0.2, 0.25) is 0 Å². The van der Waals surface area contributed by atoms with E-state index in [4.69, 9.17) is 27.9 Å². The standard InChI is InChI=1S/C16H15Cl2N5O3.ClH/c17-10-5-9(22-16(25)13-8-20-3-4-26-13)6-11(18)14(10)23-15(24)12-7-19-1-2-21-12;/h1-2,5-7,13,20H,3-4,8H2,(H,22,25)(H,23,24);1H. The lowest BCUT2D eigenvalue weighted by atomic mass is 10.2. The highest BCUT2D eigenvalue weighted by Gasteiger charge is 2.22. The molecule has 2 heterocycles. The zero-order chi connectivity index (χ0) is 18.5. The molecule has 1 atom stereocenters. The van der Waals surface area contributed by atoms with E-state index in [1.807, 2.05) is 0 Å². The van der Waals surface area contributed by atoms with Gasteiger partial charge in [-0.15, -0.1) is 12.4 Å². The summed E-state index contributed by atoms with van der Waals surface area (Å²) in [7, 11) is 0. The van der Waals surface area contributed by atoms with Gasteiger partial charge in [-0.25, -0.2) is 4.98 Å². The van der Waals surface area contributed by atoms with Crippen LogP contribution in [0, 0.1) is 0 Å². The van der Waals surface area contributed by atoms with Gasteiger partial charge in [0.05, 0.1) is 28.5 Å². The van der Waals surface area contributed by atoms with Gasteiger partial charge in [-0.3, -0.25) is 14.6 Å². The zero-order valence-electron chi connectivity index (χ0n) is 13.9. The fourth-order valence-corrected chi connectivity index (χ4v) is 2.90. The van der Waals surface area contributed by atoms with Gasteiger partial charge in [0.25, 0.3) is 11.8 Å². The number of morpholine rings is 1. The van der Waals surface area contributed by atoms with Gasteiger partial charge >= 0.3 is 0 Å². The molecule has 0 spiro atoms. The molecule has 27 heavy (non-hydrogen) atoms. The van der Waals surface area contributed by atoms with Gasteiger partial charge in [0.15, 0.2) is 0 Å². The number of benzene rings is 1. The molecule has 0 radical (unpaired) electrons. The summed E-state index contributed by atoms with van der Waals surface area (Å²) in [5.41, 5.74) is 0.744. The minimum Gasteiger partial charge on any atom is -0.366 e. The molecule has 3 rings (SSSR count). The third kappa shape index (κ3) is 5.50. The molecular formula is C16H16Cl3N5O3. The number of halogens is 3. The molecule has 2 amide bonds. The summed E-state index contributed by atoms with van der Waals surface area (Å²) in [6.07, 6.45) is 3.60. The first kappa shape index (κ1) is 21.3. The molecule has 8 nitrogen and oxygen atoms in total. The predicted molar refractivity (Wildman–Crippen MR) is 105 cm³/mol. The third-order valence-electron chi connectivity index (χ3n) is 3.56. The summed E-state index contributed by atoms with van der Waals surface area (Å²) >= 11 is 12.4. The van der Waals surface area contributed by atoms with E-state index in [9.17, 15) is 9.59 Å². The molecule has 0 aliphatic carbocycles. The second kappa shape index (κ2) is 9.82. The molecular weight excluding hydrogens is 417 g/mol. The minimum atomic E-state index is -0.586. The van der Waals surface area contributed by atoms with Crippen LogP contribution in [-0.4, -0.2) is 47.6 Å². The highest BCUT2D eigenvalue weighted by molar-refractivity contribution is 6.40. The van der Waals surface area contributed by atoms with Gasteiger partial charge in [-0.2, -0.15) is 0 Å². The molecule has 1 aliphatic rings. The number of anilines is 2. The predicted octanol–water partition coefficient (Wildman–Crippen LogP) is 2.38. The number of nitrogens with zero attached hydrogens (tertiary/aromatic N) is 2. The number of rotatable bonds is 4. The van der Waals surface area contributed by atoms with Crippen molar-refractivity contribution in [1.82, 2.24) is 15.3 Å². The Labute approximate surface area is 171 Å². The quantitative estimate of drug-likeness (QED) is 0.685. The van der Waals surface area contributed by atoms with Gasteiger partial charge in [0, 0.05) is 31.2 Å². The molecule has 1 fully saturated rings. The van der Waals surface area contributed by atoms with Crippen molar-refractivity contribution in [2.75, 3.05) is 30.3 Å². The van der Waals surface area contributed by atoms with Crippen molar-refractivity contribution in [3.63, 3.8) is 0 Å². The van der Waals surface area contributed by atoms with Crippen LogP contribution in [0.4, 0.5) is 11.4 Å². The van der Waals surface area contributed by atoms with Crippen molar-refractivity contribution in [3.05, 3.63) is 46.5 Å². The number of hydrogen-bond donors (Lipinski definition) is 3. The summed E-state index contributed by atoms with van der Waals surface area (Å²) in [5.74, 6) is -0.805. The van der Waals surface area contributed by atoms with Gasteiger partial charge in [0.1, 0.15) is 11.8 Å². The van der Waals surface area contributed by atoms with Crippen LogP contribution < -0.4 is 16.0 Å². The first-order valence-corrected chi connectivity index (χ1v) is 8.50. The fourth-order valence-electron chi connectivity index (χ4n) is 2.32. The number of carbonyl (C=O) groups excluding carboxylic acids is 2. The number of hydrogen-bond acceptors (Lipinski definition) is 6. The Morgan fingerprint density at radius 1 is 1.19 bits per heavy atom. The Hall–Kier alpha value is -1.97. The number of aromatic nitrogens is 2. The topological polar surface area (TPSA) is 105 Å². The molecule has 1 aliphatic heterocycles. The maximum Gasteiger partial charge on any atom is 0.275 e. The van der Waals surface area contributed by atoms with Crippen LogP contribution >= 0.6 is 35.6 Å². The highest BCUT2D eigenvalue weighted by Crippen LogP contribution is 2.34. The first-order valence-electron chi connectivity index (χ1n) is 7.74. The number of nitrogens with one attached hydrogen (secondary N) is 3.